The van der Waals surface area contributed by atoms with E-state index < -0.39 is 0 Å². The second-order valence-corrected chi connectivity index (χ2v) is 8.75. The van der Waals surface area contributed by atoms with E-state index in [0.717, 1.165) is 29.8 Å². The van der Waals surface area contributed by atoms with Gasteiger partial charge in [0, 0.05) is 5.39 Å². The molecule has 1 amide bonds. The monoisotopic (exact) mass is 390 g/mol. The molecule has 3 nitrogen and oxygen atoms in total. The Morgan fingerprint density at radius 1 is 1.14 bits per heavy atom. The third-order valence-corrected chi connectivity index (χ3v) is 6.40. The Balaban J connectivity index is 1.46. The Morgan fingerprint density at radius 2 is 1.96 bits per heavy atom. The molecule has 144 valence electrons. The second-order valence-electron chi connectivity index (χ2n) is 7.76. The van der Waals surface area contributed by atoms with E-state index in [0.29, 0.717) is 5.75 Å². The van der Waals surface area contributed by atoms with Crippen molar-refractivity contribution in [2.45, 2.75) is 51.1 Å². The van der Waals surface area contributed by atoms with Crippen molar-refractivity contribution in [2.24, 2.45) is 0 Å². The first-order valence-corrected chi connectivity index (χ1v) is 10.9. The molecular weight excluding hydrogens is 364 g/mol. The van der Waals surface area contributed by atoms with Crippen LogP contribution in [0.15, 0.2) is 47.5 Å². The maximum Gasteiger partial charge on any atom is 0.230 e. The van der Waals surface area contributed by atoms with E-state index in [1.165, 1.54) is 45.0 Å². The fourth-order valence-corrected chi connectivity index (χ4v) is 4.95. The normalized spacial score (nSPS) is 16.0. The average Bonchev–Trinajstić information content (AvgIpc) is 2.67. The van der Waals surface area contributed by atoms with Crippen molar-refractivity contribution in [1.82, 2.24) is 10.3 Å². The molecule has 1 aliphatic rings. The quantitative estimate of drug-likeness (QED) is 0.603. The highest BCUT2D eigenvalue weighted by Crippen LogP contribution is 2.30. The third-order valence-electron chi connectivity index (χ3n) is 5.49. The van der Waals surface area contributed by atoms with Gasteiger partial charge < -0.3 is 5.32 Å². The minimum Gasteiger partial charge on any atom is -0.349 e. The molecule has 4 heteroatoms. The molecule has 2 aromatic carbocycles. The first-order valence-electron chi connectivity index (χ1n) is 9.90. The largest absolute Gasteiger partial charge is 0.349 e. The number of aryl methyl sites for hydroxylation is 4. The van der Waals surface area contributed by atoms with Crippen molar-refractivity contribution in [3.63, 3.8) is 0 Å². The third kappa shape index (κ3) is 3.93. The Bertz CT molecular complexity index is 1040. The van der Waals surface area contributed by atoms with Crippen LogP contribution in [0.4, 0.5) is 0 Å². The van der Waals surface area contributed by atoms with Crippen LogP contribution in [0.2, 0.25) is 0 Å². The first-order chi connectivity index (χ1) is 13.5. The molecule has 3 aromatic rings. The van der Waals surface area contributed by atoms with Gasteiger partial charge in [0.2, 0.25) is 5.91 Å². The number of thioether (sulfide) groups is 1. The lowest BCUT2D eigenvalue weighted by molar-refractivity contribution is -0.119. The van der Waals surface area contributed by atoms with Crippen molar-refractivity contribution in [3.05, 3.63) is 70.3 Å². The summed E-state index contributed by atoms with van der Waals surface area (Å²) in [5.41, 5.74) is 7.32. The summed E-state index contributed by atoms with van der Waals surface area (Å²) in [5, 5.41) is 5.34. The fourth-order valence-electron chi connectivity index (χ4n) is 4.17. The van der Waals surface area contributed by atoms with E-state index in [4.69, 9.17) is 4.98 Å². The van der Waals surface area contributed by atoms with Crippen LogP contribution in [0.25, 0.3) is 10.9 Å². The van der Waals surface area contributed by atoms with Crippen LogP contribution in [-0.2, 0) is 11.2 Å². The fraction of sp³-hybridized carbons (Fsp3) is 0.333. The lowest BCUT2D eigenvalue weighted by atomic mass is 9.88. The van der Waals surface area contributed by atoms with E-state index in [-0.39, 0.29) is 11.9 Å². The van der Waals surface area contributed by atoms with Crippen molar-refractivity contribution in [3.8, 4) is 0 Å². The van der Waals surface area contributed by atoms with E-state index in [9.17, 15) is 4.79 Å². The van der Waals surface area contributed by atoms with Crippen molar-refractivity contribution in [1.29, 1.82) is 0 Å². The molecule has 0 bridgehead atoms. The molecule has 0 aliphatic heterocycles. The number of benzene rings is 2. The summed E-state index contributed by atoms with van der Waals surface area (Å²) in [5.74, 6) is 0.466. The van der Waals surface area contributed by atoms with E-state index in [2.05, 4.69) is 68.6 Å². The number of hydrogen-bond acceptors (Lipinski definition) is 3. The van der Waals surface area contributed by atoms with E-state index in [1.807, 2.05) is 0 Å². The number of carbonyl (C=O) groups excluding carboxylic acids is 1. The molecule has 0 radical (unpaired) electrons. The summed E-state index contributed by atoms with van der Waals surface area (Å²) in [6.45, 7) is 6.33. The van der Waals surface area contributed by atoms with Gasteiger partial charge in [0.1, 0.15) is 0 Å². The number of aromatic nitrogens is 1. The summed E-state index contributed by atoms with van der Waals surface area (Å²) in [6.07, 6.45) is 3.24. The molecule has 0 saturated heterocycles. The molecule has 1 unspecified atom stereocenters. The van der Waals surface area contributed by atoms with Crippen molar-refractivity contribution >= 4 is 28.6 Å². The molecule has 1 atom stereocenters. The molecule has 0 saturated carbocycles. The number of rotatable bonds is 4. The van der Waals surface area contributed by atoms with Gasteiger partial charge in [-0.1, -0.05) is 47.7 Å². The first kappa shape index (κ1) is 19.0. The van der Waals surface area contributed by atoms with Crippen LogP contribution in [0.3, 0.4) is 0 Å². The summed E-state index contributed by atoms with van der Waals surface area (Å²) >= 11 is 1.52. The molecule has 1 N–H and O–H groups in total. The van der Waals surface area contributed by atoms with Gasteiger partial charge in [0.25, 0.3) is 0 Å². The van der Waals surface area contributed by atoms with Crippen molar-refractivity contribution < 1.29 is 4.79 Å². The number of nitrogens with zero attached hydrogens (tertiary/aromatic N) is 1. The second kappa shape index (κ2) is 7.96. The molecule has 1 heterocycles. The van der Waals surface area contributed by atoms with Crippen molar-refractivity contribution in [2.75, 3.05) is 5.75 Å². The average molecular weight is 391 g/mol. The predicted octanol–water partition coefficient (Wildman–Crippen LogP) is 5.45. The smallest absolute Gasteiger partial charge is 0.230 e. The summed E-state index contributed by atoms with van der Waals surface area (Å²) in [4.78, 5) is 17.4. The Hall–Kier alpha value is -2.33. The summed E-state index contributed by atoms with van der Waals surface area (Å²) in [7, 11) is 0. The highest BCUT2D eigenvalue weighted by atomic mass is 32.2. The predicted molar refractivity (Wildman–Crippen MR) is 117 cm³/mol. The maximum atomic E-state index is 12.6. The lowest BCUT2D eigenvalue weighted by Crippen LogP contribution is -2.32. The Labute approximate surface area is 171 Å². The highest BCUT2D eigenvalue weighted by Gasteiger charge is 2.21. The molecule has 0 fully saturated rings. The molecule has 28 heavy (non-hydrogen) atoms. The zero-order valence-corrected chi connectivity index (χ0v) is 17.5. The minimum atomic E-state index is 0.0758. The topological polar surface area (TPSA) is 42.0 Å². The van der Waals surface area contributed by atoms with Crippen LogP contribution < -0.4 is 5.32 Å². The molecular formula is C24H26N2OS. The number of amides is 1. The van der Waals surface area contributed by atoms with Crippen LogP contribution >= 0.6 is 11.8 Å². The van der Waals surface area contributed by atoms with Gasteiger partial charge in [-0.2, -0.15) is 0 Å². The summed E-state index contributed by atoms with van der Waals surface area (Å²) in [6, 6.07) is 15.0. The molecule has 0 spiro atoms. The van der Waals surface area contributed by atoms with Crippen LogP contribution in [0.1, 0.15) is 46.7 Å². The number of carbonyl (C=O) groups is 1. The number of nitrogens with one attached hydrogen (secondary N) is 1. The standard InChI is InChI=1S/C24H26N2OS/c1-15-11-17(3)24-20(12-15)16(2)13-23(26-24)28-14-22(27)25-21-10-6-8-18-7-4-5-9-19(18)21/h4-5,7,9,11-13,21H,6,8,10,14H2,1-3H3,(H,25,27). The zero-order chi connectivity index (χ0) is 19.7. The molecule has 1 aromatic heterocycles. The van der Waals surface area contributed by atoms with E-state index >= 15 is 0 Å². The molecule has 4 rings (SSSR count). The number of hydrogen-bond donors (Lipinski definition) is 1. The van der Waals surface area contributed by atoms with Gasteiger partial charge in [-0.25, -0.2) is 4.98 Å². The Kier molecular flexibility index (Phi) is 5.40. The van der Waals surface area contributed by atoms with Crippen LogP contribution in [-0.4, -0.2) is 16.6 Å². The lowest BCUT2D eigenvalue weighted by Gasteiger charge is -2.26. The van der Waals surface area contributed by atoms with Gasteiger partial charge in [-0.15, -0.1) is 0 Å². The van der Waals surface area contributed by atoms with Crippen LogP contribution in [0.5, 0.6) is 0 Å². The molecule has 1 aliphatic carbocycles. The minimum absolute atomic E-state index is 0.0758. The van der Waals surface area contributed by atoms with E-state index in [1.54, 1.807) is 0 Å². The maximum absolute atomic E-state index is 12.6. The van der Waals surface area contributed by atoms with Crippen LogP contribution in [0, 0.1) is 20.8 Å². The number of fused-ring (bicyclic) bond motifs is 2. The zero-order valence-electron chi connectivity index (χ0n) is 16.7. The Morgan fingerprint density at radius 3 is 2.82 bits per heavy atom. The summed E-state index contributed by atoms with van der Waals surface area (Å²) < 4.78 is 0. The van der Waals surface area contributed by atoms with Gasteiger partial charge in [-0.3, -0.25) is 4.79 Å². The van der Waals surface area contributed by atoms with Gasteiger partial charge in [-0.05, 0) is 74.4 Å². The SMILES string of the molecule is Cc1cc(C)c2nc(SCC(=O)NC3CCCc4ccccc43)cc(C)c2c1. The van der Waals surface area contributed by atoms with Gasteiger partial charge in [0.15, 0.2) is 0 Å². The number of pyridine rings is 1. The van der Waals surface area contributed by atoms with Gasteiger partial charge in [0.05, 0.1) is 22.3 Å². The highest BCUT2D eigenvalue weighted by molar-refractivity contribution is 7.99. The van der Waals surface area contributed by atoms with Gasteiger partial charge >= 0.3 is 0 Å².